The van der Waals surface area contributed by atoms with Gasteiger partial charge in [-0.05, 0) is 36.2 Å². The van der Waals surface area contributed by atoms with E-state index in [9.17, 15) is 9.18 Å². The maximum absolute atomic E-state index is 13.5. The monoisotopic (exact) mass is 338 g/mol. The highest BCUT2D eigenvalue weighted by Crippen LogP contribution is 2.34. The third-order valence-corrected chi connectivity index (χ3v) is 4.93. The Morgan fingerprint density at radius 1 is 1.28 bits per heavy atom. The second kappa shape index (κ2) is 6.24. The number of aromatic nitrogens is 1. The summed E-state index contributed by atoms with van der Waals surface area (Å²) in [5.41, 5.74) is 2.42. The Morgan fingerprint density at radius 2 is 2.12 bits per heavy atom. The molecule has 128 valence electrons. The van der Waals surface area contributed by atoms with Crippen molar-refractivity contribution in [3.63, 3.8) is 0 Å². The van der Waals surface area contributed by atoms with E-state index in [1.54, 1.807) is 19.4 Å². The molecule has 0 radical (unpaired) electrons. The number of carbonyl (C=O) groups excluding carboxylic acids is 1. The zero-order valence-corrected chi connectivity index (χ0v) is 14.0. The van der Waals surface area contributed by atoms with Crippen LogP contribution in [-0.2, 0) is 0 Å². The fourth-order valence-corrected chi connectivity index (χ4v) is 3.64. The molecule has 0 unspecified atom stereocenters. The lowest BCUT2D eigenvalue weighted by atomic mass is 9.97. The summed E-state index contributed by atoms with van der Waals surface area (Å²) in [4.78, 5) is 17.8. The van der Waals surface area contributed by atoms with E-state index in [0.29, 0.717) is 24.0 Å². The second-order valence-corrected chi connectivity index (χ2v) is 6.37. The lowest BCUT2D eigenvalue weighted by molar-refractivity contribution is 0.0792. The van der Waals surface area contributed by atoms with Crippen LogP contribution in [0.4, 0.5) is 4.39 Å². The summed E-state index contributed by atoms with van der Waals surface area (Å²) >= 11 is 0. The lowest BCUT2D eigenvalue weighted by Gasteiger charge is -2.17. The lowest BCUT2D eigenvalue weighted by Crippen LogP contribution is -2.28. The van der Waals surface area contributed by atoms with Crippen molar-refractivity contribution in [2.24, 2.45) is 0 Å². The molecule has 1 aliphatic heterocycles. The predicted octanol–water partition coefficient (Wildman–Crippen LogP) is 3.95. The van der Waals surface area contributed by atoms with Gasteiger partial charge in [-0.15, -0.1) is 0 Å². The van der Waals surface area contributed by atoms with E-state index in [0.717, 1.165) is 23.3 Å². The molecule has 2 heterocycles. The van der Waals surface area contributed by atoms with Gasteiger partial charge in [-0.25, -0.2) is 4.39 Å². The molecule has 4 rings (SSSR count). The SMILES string of the molecule is COc1ccccc1[C@H]1CCN(C(=O)c2c[nH]c3ccc(F)cc23)C1. The zero-order chi connectivity index (χ0) is 17.4. The Labute approximate surface area is 145 Å². The van der Waals surface area contributed by atoms with Gasteiger partial charge in [-0.3, -0.25) is 4.79 Å². The van der Waals surface area contributed by atoms with Crippen LogP contribution in [0.2, 0.25) is 0 Å². The number of aromatic amines is 1. The van der Waals surface area contributed by atoms with Crippen LogP contribution in [0.3, 0.4) is 0 Å². The van der Waals surface area contributed by atoms with Crippen LogP contribution in [-0.4, -0.2) is 36.0 Å². The molecule has 4 nitrogen and oxygen atoms in total. The molecular weight excluding hydrogens is 319 g/mol. The number of nitrogens with zero attached hydrogens (tertiary/aromatic N) is 1. The van der Waals surface area contributed by atoms with Gasteiger partial charge in [0, 0.05) is 36.1 Å². The highest BCUT2D eigenvalue weighted by Gasteiger charge is 2.30. The normalized spacial score (nSPS) is 17.2. The third kappa shape index (κ3) is 2.76. The fraction of sp³-hybridized carbons (Fsp3) is 0.250. The van der Waals surface area contributed by atoms with Gasteiger partial charge < -0.3 is 14.6 Å². The molecule has 1 amide bonds. The molecular formula is C20H19FN2O2. The topological polar surface area (TPSA) is 45.3 Å². The number of amides is 1. The van der Waals surface area contributed by atoms with Gasteiger partial charge in [-0.1, -0.05) is 18.2 Å². The van der Waals surface area contributed by atoms with Gasteiger partial charge in [0.1, 0.15) is 11.6 Å². The number of benzene rings is 2. The number of methoxy groups -OCH3 is 1. The Balaban J connectivity index is 1.59. The van der Waals surface area contributed by atoms with Crippen molar-refractivity contribution in [3.05, 3.63) is 65.6 Å². The van der Waals surface area contributed by atoms with E-state index in [1.807, 2.05) is 23.1 Å². The molecule has 2 aromatic carbocycles. The summed E-state index contributed by atoms with van der Waals surface area (Å²) in [5.74, 6) is 0.710. The number of halogens is 1. The summed E-state index contributed by atoms with van der Waals surface area (Å²) in [6.45, 7) is 1.32. The minimum absolute atomic E-state index is 0.0609. The first-order chi connectivity index (χ1) is 12.2. The number of nitrogens with one attached hydrogen (secondary N) is 1. The smallest absolute Gasteiger partial charge is 0.256 e. The Morgan fingerprint density at radius 3 is 2.96 bits per heavy atom. The Bertz CT molecular complexity index is 934. The molecule has 25 heavy (non-hydrogen) atoms. The molecule has 3 aromatic rings. The van der Waals surface area contributed by atoms with E-state index in [-0.39, 0.29) is 17.6 Å². The number of fused-ring (bicyclic) bond motifs is 1. The van der Waals surface area contributed by atoms with Crippen molar-refractivity contribution in [1.82, 2.24) is 9.88 Å². The summed E-state index contributed by atoms with van der Waals surface area (Å²) < 4.78 is 19.0. The number of para-hydroxylation sites is 1. The standard InChI is InChI=1S/C20H19FN2O2/c1-25-19-5-3-2-4-15(19)13-8-9-23(12-13)20(24)17-11-22-18-7-6-14(21)10-16(17)18/h2-7,10-11,13,22H,8-9,12H2,1H3/t13-/m0/s1. The molecule has 1 N–H and O–H groups in total. The first-order valence-electron chi connectivity index (χ1n) is 8.36. The molecule has 0 aliphatic carbocycles. The number of likely N-dealkylation sites (tertiary alicyclic amines) is 1. The van der Waals surface area contributed by atoms with Gasteiger partial charge >= 0.3 is 0 Å². The molecule has 1 saturated heterocycles. The van der Waals surface area contributed by atoms with Gasteiger partial charge in [0.05, 0.1) is 12.7 Å². The highest BCUT2D eigenvalue weighted by atomic mass is 19.1. The van der Waals surface area contributed by atoms with E-state index in [4.69, 9.17) is 4.74 Å². The Kier molecular flexibility index (Phi) is 3.92. The van der Waals surface area contributed by atoms with Crippen molar-refractivity contribution < 1.29 is 13.9 Å². The van der Waals surface area contributed by atoms with Gasteiger partial charge in [0.25, 0.3) is 5.91 Å². The maximum Gasteiger partial charge on any atom is 0.256 e. The van der Waals surface area contributed by atoms with Crippen molar-refractivity contribution in [3.8, 4) is 5.75 Å². The number of hydrogen-bond donors (Lipinski definition) is 1. The first-order valence-corrected chi connectivity index (χ1v) is 8.36. The molecule has 1 aliphatic rings. The van der Waals surface area contributed by atoms with Crippen molar-refractivity contribution >= 4 is 16.8 Å². The van der Waals surface area contributed by atoms with Crippen LogP contribution in [0.25, 0.3) is 10.9 Å². The molecule has 1 aromatic heterocycles. The van der Waals surface area contributed by atoms with Crippen LogP contribution in [0, 0.1) is 5.82 Å². The summed E-state index contributed by atoms with van der Waals surface area (Å²) in [6, 6.07) is 12.4. The summed E-state index contributed by atoms with van der Waals surface area (Å²) in [6.07, 6.45) is 2.56. The highest BCUT2D eigenvalue weighted by molar-refractivity contribution is 6.06. The Hall–Kier alpha value is -2.82. The largest absolute Gasteiger partial charge is 0.496 e. The average Bonchev–Trinajstić information content (AvgIpc) is 3.28. The van der Waals surface area contributed by atoms with Gasteiger partial charge in [-0.2, -0.15) is 0 Å². The van der Waals surface area contributed by atoms with Crippen LogP contribution >= 0.6 is 0 Å². The minimum Gasteiger partial charge on any atom is -0.496 e. The van der Waals surface area contributed by atoms with E-state index in [1.165, 1.54) is 12.1 Å². The number of ether oxygens (including phenoxy) is 1. The predicted molar refractivity (Wildman–Crippen MR) is 94.5 cm³/mol. The van der Waals surface area contributed by atoms with Crippen LogP contribution in [0.15, 0.2) is 48.7 Å². The number of carbonyl (C=O) groups is 1. The molecule has 1 atom stereocenters. The van der Waals surface area contributed by atoms with Crippen molar-refractivity contribution in [2.45, 2.75) is 12.3 Å². The van der Waals surface area contributed by atoms with E-state index < -0.39 is 0 Å². The molecule has 0 saturated carbocycles. The summed E-state index contributed by atoms with van der Waals surface area (Å²) in [5, 5.41) is 0.630. The summed E-state index contributed by atoms with van der Waals surface area (Å²) in [7, 11) is 1.66. The van der Waals surface area contributed by atoms with E-state index >= 15 is 0 Å². The number of hydrogen-bond acceptors (Lipinski definition) is 2. The maximum atomic E-state index is 13.5. The molecule has 0 spiro atoms. The molecule has 5 heteroatoms. The number of rotatable bonds is 3. The average molecular weight is 338 g/mol. The van der Waals surface area contributed by atoms with Crippen LogP contribution < -0.4 is 4.74 Å². The van der Waals surface area contributed by atoms with Crippen LogP contribution in [0.5, 0.6) is 5.75 Å². The van der Waals surface area contributed by atoms with Gasteiger partial charge in [0.15, 0.2) is 0 Å². The van der Waals surface area contributed by atoms with Crippen molar-refractivity contribution in [1.29, 1.82) is 0 Å². The van der Waals surface area contributed by atoms with E-state index in [2.05, 4.69) is 11.1 Å². The first kappa shape index (κ1) is 15.7. The quantitative estimate of drug-likeness (QED) is 0.786. The minimum atomic E-state index is -0.338. The second-order valence-electron chi connectivity index (χ2n) is 6.37. The van der Waals surface area contributed by atoms with Gasteiger partial charge in [0.2, 0.25) is 0 Å². The number of H-pyrrole nitrogens is 1. The molecule has 1 fully saturated rings. The third-order valence-electron chi connectivity index (χ3n) is 4.93. The fourth-order valence-electron chi connectivity index (χ4n) is 3.64. The van der Waals surface area contributed by atoms with Crippen LogP contribution in [0.1, 0.15) is 28.3 Å². The molecule has 0 bridgehead atoms. The zero-order valence-electron chi connectivity index (χ0n) is 14.0. The van der Waals surface area contributed by atoms with Crippen molar-refractivity contribution in [2.75, 3.05) is 20.2 Å².